The predicted octanol–water partition coefficient (Wildman–Crippen LogP) is 2.68. The van der Waals surface area contributed by atoms with Crippen LogP contribution in [0.4, 0.5) is 4.39 Å². The molecule has 0 saturated heterocycles. The molecule has 0 fully saturated rings. The summed E-state index contributed by atoms with van der Waals surface area (Å²) in [5.74, 6) is -0.394. The first-order chi connectivity index (χ1) is 7.67. The molecule has 1 aromatic carbocycles. The van der Waals surface area contributed by atoms with Gasteiger partial charge in [0.25, 0.3) is 0 Å². The van der Waals surface area contributed by atoms with Crippen molar-refractivity contribution in [2.24, 2.45) is 0 Å². The van der Waals surface area contributed by atoms with Crippen molar-refractivity contribution >= 4 is 11.6 Å². The Morgan fingerprint density at radius 1 is 1.38 bits per heavy atom. The fraction of sp³-hybridized carbons (Fsp3) is 0.500. The van der Waals surface area contributed by atoms with E-state index in [0.29, 0.717) is 13.1 Å². The van der Waals surface area contributed by atoms with E-state index in [0.717, 1.165) is 18.5 Å². The molecular formula is C12H17ClFNO. The van der Waals surface area contributed by atoms with E-state index in [1.165, 1.54) is 6.07 Å². The van der Waals surface area contributed by atoms with Gasteiger partial charge in [0.05, 0.1) is 11.6 Å². The largest absolute Gasteiger partial charge is 0.395 e. The average molecular weight is 246 g/mol. The van der Waals surface area contributed by atoms with E-state index < -0.39 is 5.82 Å². The Hall–Kier alpha value is -0.640. The van der Waals surface area contributed by atoms with Crippen molar-refractivity contribution in [3.63, 3.8) is 0 Å². The Morgan fingerprint density at radius 3 is 2.69 bits per heavy atom. The first-order valence-corrected chi connectivity index (χ1v) is 5.82. The third-order valence-corrected chi connectivity index (χ3v) is 2.64. The fourth-order valence-electron chi connectivity index (χ4n) is 1.62. The molecule has 0 heterocycles. The van der Waals surface area contributed by atoms with Crippen LogP contribution in [0.25, 0.3) is 0 Å². The predicted molar refractivity (Wildman–Crippen MR) is 64.1 cm³/mol. The Bertz CT molecular complexity index is 327. The summed E-state index contributed by atoms with van der Waals surface area (Å²) in [6.45, 7) is 4.45. The molecule has 2 nitrogen and oxygen atoms in total. The van der Waals surface area contributed by atoms with Crippen molar-refractivity contribution in [1.82, 2.24) is 4.90 Å². The number of hydrogen-bond donors (Lipinski definition) is 1. The second kappa shape index (κ2) is 6.84. The van der Waals surface area contributed by atoms with Crippen LogP contribution in [0.15, 0.2) is 18.2 Å². The number of rotatable bonds is 6. The van der Waals surface area contributed by atoms with Crippen LogP contribution < -0.4 is 0 Å². The van der Waals surface area contributed by atoms with Gasteiger partial charge in [0.2, 0.25) is 0 Å². The van der Waals surface area contributed by atoms with Crippen LogP contribution >= 0.6 is 11.6 Å². The number of hydrogen-bond acceptors (Lipinski definition) is 2. The molecule has 1 aromatic rings. The first-order valence-electron chi connectivity index (χ1n) is 5.44. The van der Waals surface area contributed by atoms with E-state index in [1.54, 1.807) is 12.1 Å². The molecular weight excluding hydrogens is 229 g/mol. The first kappa shape index (κ1) is 13.4. The van der Waals surface area contributed by atoms with Crippen LogP contribution in [-0.2, 0) is 6.54 Å². The standard InChI is InChI=1S/C12H17ClFNO/c1-2-5-15(6-7-16)9-10-3-4-12(14)11(13)8-10/h3-4,8,16H,2,5-7,9H2,1H3. The highest BCUT2D eigenvalue weighted by Gasteiger charge is 2.06. The van der Waals surface area contributed by atoms with Crippen LogP contribution in [0.1, 0.15) is 18.9 Å². The summed E-state index contributed by atoms with van der Waals surface area (Å²) in [7, 11) is 0. The number of benzene rings is 1. The molecule has 0 saturated carbocycles. The van der Waals surface area contributed by atoms with Gasteiger partial charge in [-0.3, -0.25) is 4.90 Å². The van der Waals surface area contributed by atoms with Crippen molar-refractivity contribution in [3.8, 4) is 0 Å². The normalized spacial score (nSPS) is 11.1. The zero-order valence-corrected chi connectivity index (χ0v) is 10.2. The monoisotopic (exact) mass is 245 g/mol. The number of aliphatic hydroxyl groups is 1. The lowest BCUT2D eigenvalue weighted by Gasteiger charge is -2.20. The van der Waals surface area contributed by atoms with Crippen LogP contribution in [-0.4, -0.2) is 29.7 Å². The maximum Gasteiger partial charge on any atom is 0.141 e. The molecule has 0 amide bonds. The van der Waals surface area contributed by atoms with E-state index in [1.807, 2.05) is 0 Å². The molecule has 0 unspecified atom stereocenters. The number of aliphatic hydroxyl groups excluding tert-OH is 1. The van der Waals surface area contributed by atoms with Gasteiger partial charge in [-0.25, -0.2) is 4.39 Å². The van der Waals surface area contributed by atoms with Gasteiger partial charge in [-0.15, -0.1) is 0 Å². The van der Waals surface area contributed by atoms with Gasteiger partial charge in [0, 0.05) is 13.1 Å². The fourth-order valence-corrected chi connectivity index (χ4v) is 1.83. The molecule has 0 aliphatic rings. The third-order valence-electron chi connectivity index (χ3n) is 2.35. The second-order valence-corrected chi connectivity index (χ2v) is 4.16. The van der Waals surface area contributed by atoms with Crippen LogP contribution in [0.2, 0.25) is 5.02 Å². The molecule has 0 aromatic heterocycles. The summed E-state index contributed by atoms with van der Waals surface area (Å²) in [5, 5.41) is 9.06. The Balaban J connectivity index is 2.65. The minimum atomic E-state index is -0.394. The molecule has 1 N–H and O–H groups in total. The summed E-state index contributed by atoms with van der Waals surface area (Å²) in [6, 6.07) is 4.74. The summed E-state index contributed by atoms with van der Waals surface area (Å²) in [4.78, 5) is 2.11. The van der Waals surface area contributed by atoms with Gasteiger partial charge in [-0.2, -0.15) is 0 Å². The molecule has 16 heavy (non-hydrogen) atoms. The zero-order chi connectivity index (χ0) is 12.0. The summed E-state index contributed by atoms with van der Waals surface area (Å²) in [6.07, 6.45) is 1.02. The SMILES string of the molecule is CCCN(CCO)Cc1ccc(F)c(Cl)c1. The topological polar surface area (TPSA) is 23.5 Å². The lowest BCUT2D eigenvalue weighted by atomic mass is 10.2. The quantitative estimate of drug-likeness (QED) is 0.833. The lowest BCUT2D eigenvalue weighted by molar-refractivity contribution is 0.190. The Labute approximate surface area is 101 Å². The highest BCUT2D eigenvalue weighted by Crippen LogP contribution is 2.17. The molecule has 0 radical (unpaired) electrons. The van der Waals surface area contributed by atoms with E-state index in [9.17, 15) is 4.39 Å². The van der Waals surface area contributed by atoms with Crippen molar-refractivity contribution in [1.29, 1.82) is 0 Å². The average Bonchev–Trinajstić information content (AvgIpc) is 2.24. The second-order valence-electron chi connectivity index (χ2n) is 3.75. The van der Waals surface area contributed by atoms with Gasteiger partial charge >= 0.3 is 0 Å². The lowest BCUT2D eigenvalue weighted by Crippen LogP contribution is -2.27. The zero-order valence-electron chi connectivity index (χ0n) is 9.42. The molecule has 0 atom stereocenters. The van der Waals surface area contributed by atoms with Crippen molar-refractivity contribution in [2.75, 3.05) is 19.7 Å². The highest BCUT2D eigenvalue weighted by molar-refractivity contribution is 6.30. The van der Waals surface area contributed by atoms with Gasteiger partial charge in [0.1, 0.15) is 5.82 Å². The number of nitrogens with zero attached hydrogens (tertiary/aromatic N) is 1. The van der Waals surface area contributed by atoms with Gasteiger partial charge in [-0.1, -0.05) is 24.6 Å². The van der Waals surface area contributed by atoms with E-state index in [4.69, 9.17) is 16.7 Å². The van der Waals surface area contributed by atoms with Crippen molar-refractivity contribution in [3.05, 3.63) is 34.6 Å². The van der Waals surface area contributed by atoms with Gasteiger partial charge in [0.15, 0.2) is 0 Å². The van der Waals surface area contributed by atoms with E-state index in [-0.39, 0.29) is 11.6 Å². The molecule has 90 valence electrons. The van der Waals surface area contributed by atoms with Crippen LogP contribution in [0, 0.1) is 5.82 Å². The molecule has 0 bridgehead atoms. The molecule has 4 heteroatoms. The van der Waals surface area contributed by atoms with Crippen LogP contribution in [0.3, 0.4) is 0 Å². The van der Waals surface area contributed by atoms with Crippen molar-refractivity contribution < 1.29 is 9.50 Å². The van der Waals surface area contributed by atoms with Crippen LogP contribution in [0.5, 0.6) is 0 Å². The van der Waals surface area contributed by atoms with E-state index in [2.05, 4.69) is 11.8 Å². The maximum atomic E-state index is 12.9. The summed E-state index contributed by atoms with van der Waals surface area (Å²) < 4.78 is 12.9. The minimum Gasteiger partial charge on any atom is -0.395 e. The minimum absolute atomic E-state index is 0.134. The Morgan fingerprint density at radius 2 is 2.12 bits per heavy atom. The third kappa shape index (κ3) is 4.08. The molecule has 0 aliphatic heterocycles. The Kier molecular flexibility index (Phi) is 5.74. The number of halogens is 2. The van der Waals surface area contributed by atoms with Crippen molar-refractivity contribution in [2.45, 2.75) is 19.9 Å². The molecule has 0 spiro atoms. The van der Waals surface area contributed by atoms with Gasteiger partial charge < -0.3 is 5.11 Å². The molecule has 1 rings (SSSR count). The molecule has 0 aliphatic carbocycles. The highest BCUT2D eigenvalue weighted by atomic mass is 35.5. The summed E-state index contributed by atoms with van der Waals surface area (Å²) in [5.41, 5.74) is 0.966. The smallest absolute Gasteiger partial charge is 0.141 e. The van der Waals surface area contributed by atoms with Gasteiger partial charge in [-0.05, 0) is 30.7 Å². The summed E-state index contributed by atoms with van der Waals surface area (Å²) >= 11 is 5.71. The van der Waals surface area contributed by atoms with E-state index >= 15 is 0 Å². The maximum absolute atomic E-state index is 12.9.